The van der Waals surface area contributed by atoms with E-state index >= 15 is 0 Å². The lowest BCUT2D eigenvalue weighted by molar-refractivity contribution is -0.133. The summed E-state index contributed by atoms with van der Waals surface area (Å²) in [5, 5.41) is 15.3. The van der Waals surface area contributed by atoms with Crippen molar-refractivity contribution < 1.29 is 27.6 Å². The third-order valence-corrected chi connectivity index (χ3v) is 3.05. The smallest absolute Gasteiger partial charge is 0.315 e. The lowest BCUT2D eigenvalue weighted by Gasteiger charge is -2.21. The van der Waals surface area contributed by atoms with E-state index in [4.69, 9.17) is 4.52 Å². The molecule has 1 heterocycles. The summed E-state index contributed by atoms with van der Waals surface area (Å²) in [7, 11) is 0. The fourth-order valence-corrected chi connectivity index (χ4v) is 1.89. The molecule has 0 bridgehead atoms. The first-order valence-electron chi connectivity index (χ1n) is 6.36. The first kappa shape index (κ1) is 16.0. The van der Waals surface area contributed by atoms with Crippen molar-refractivity contribution in [2.45, 2.75) is 18.6 Å². The summed E-state index contributed by atoms with van der Waals surface area (Å²) in [5.41, 5.74) is 0.961. The molecule has 1 aromatic heterocycles. The number of benzene rings is 1. The first-order valence-corrected chi connectivity index (χ1v) is 6.36. The van der Waals surface area contributed by atoms with Crippen molar-refractivity contribution in [2.75, 3.05) is 6.67 Å². The molecule has 0 unspecified atom stereocenters. The van der Waals surface area contributed by atoms with Crippen LogP contribution in [-0.4, -0.2) is 35.3 Å². The summed E-state index contributed by atoms with van der Waals surface area (Å²) < 4.78 is 42.2. The van der Waals surface area contributed by atoms with Crippen LogP contribution in [0.1, 0.15) is 11.7 Å². The van der Waals surface area contributed by atoms with Crippen molar-refractivity contribution in [2.24, 2.45) is 0 Å². The van der Waals surface area contributed by atoms with Crippen LogP contribution >= 0.6 is 0 Å². The second kappa shape index (κ2) is 7.08. The largest absolute Gasteiger partial charge is 0.386 e. The maximum absolute atomic E-state index is 12.9. The zero-order valence-corrected chi connectivity index (χ0v) is 11.2. The van der Waals surface area contributed by atoms with Gasteiger partial charge in [-0.15, -0.1) is 0 Å². The highest BCUT2D eigenvalue weighted by Crippen LogP contribution is 2.23. The molecule has 118 valence electrons. The maximum atomic E-state index is 12.9. The second-order valence-electron chi connectivity index (χ2n) is 4.51. The van der Waals surface area contributed by atoms with Crippen LogP contribution < -0.4 is 5.32 Å². The van der Waals surface area contributed by atoms with Gasteiger partial charge in [0.05, 0.1) is 12.2 Å². The van der Waals surface area contributed by atoms with E-state index in [1.165, 1.54) is 18.3 Å². The molecule has 1 amide bonds. The van der Waals surface area contributed by atoms with Gasteiger partial charge >= 0.3 is 6.43 Å². The Labute approximate surface area is 123 Å². The normalized spacial score (nSPS) is 13.9. The highest BCUT2D eigenvalue weighted by molar-refractivity contribution is 5.79. The van der Waals surface area contributed by atoms with Gasteiger partial charge in [0.2, 0.25) is 0 Å². The molecule has 2 rings (SSSR count). The fourth-order valence-electron chi connectivity index (χ4n) is 1.89. The molecule has 22 heavy (non-hydrogen) atoms. The molecule has 2 aromatic rings. The van der Waals surface area contributed by atoms with E-state index in [-0.39, 0.29) is 5.56 Å². The Morgan fingerprint density at radius 3 is 2.45 bits per heavy atom. The molecule has 0 radical (unpaired) electrons. The number of hydrogen-bond donors (Lipinski definition) is 2. The number of hydrogen-bond acceptors (Lipinski definition) is 4. The third-order valence-electron chi connectivity index (χ3n) is 3.05. The van der Waals surface area contributed by atoms with E-state index in [0.29, 0.717) is 11.3 Å². The lowest BCUT2D eigenvalue weighted by Crippen LogP contribution is -2.43. The number of nitrogens with zero attached hydrogens (tertiary/aromatic N) is 1. The predicted octanol–water partition coefficient (Wildman–Crippen LogP) is 2.09. The SMILES string of the molecule is O=C(N[C@H](CF)[C@H](O)c1ccc(-c2ccno2)cc1)C(F)F. The molecule has 0 fully saturated rings. The average Bonchev–Trinajstić information content (AvgIpc) is 3.06. The van der Waals surface area contributed by atoms with Gasteiger partial charge in [-0.25, -0.2) is 4.39 Å². The Balaban J connectivity index is 2.10. The monoisotopic (exact) mass is 314 g/mol. The molecule has 0 saturated carbocycles. The van der Waals surface area contributed by atoms with Crippen molar-refractivity contribution in [3.63, 3.8) is 0 Å². The number of aliphatic hydroxyl groups excluding tert-OH is 1. The van der Waals surface area contributed by atoms with Crippen molar-refractivity contribution in [1.29, 1.82) is 0 Å². The van der Waals surface area contributed by atoms with E-state index in [1.54, 1.807) is 23.5 Å². The van der Waals surface area contributed by atoms with Crippen molar-refractivity contribution >= 4 is 5.91 Å². The van der Waals surface area contributed by atoms with E-state index in [1.807, 2.05) is 0 Å². The third kappa shape index (κ3) is 3.64. The van der Waals surface area contributed by atoms with Crippen LogP contribution in [0.5, 0.6) is 0 Å². The summed E-state index contributed by atoms with van der Waals surface area (Å²) in [6.07, 6.45) is -3.25. The summed E-state index contributed by atoms with van der Waals surface area (Å²) >= 11 is 0. The molecular formula is C14H13F3N2O3. The zero-order chi connectivity index (χ0) is 16.1. The molecule has 2 atom stereocenters. The minimum atomic E-state index is -3.27. The molecule has 5 nitrogen and oxygen atoms in total. The molecule has 8 heteroatoms. The second-order valence-corrected chi connectivity index (χ2v) is 4.51. The van der Waals surface area contributed by atoms with E-state index < -0.39 is 31.2 Å². The van der Waals surface area contributed by atoms with Gasteiger partial charge < -0.3 is 14.9 Å². The predicted molar refractivity (Wildman–Crippen MR) is 70.8 cm³/mol. The van der Waals surface area contributed by atoms with Crippen molar-refractivity contribution in [3.8, 4) is 11.3 Å². The summed E-state index contributed by atoms with van der Waals surface area (Å²) in [5.74, 6) is -1.12. The van der Waals surface area contributed by atoms with Crippen LogP contribution in [-0.2, 0) is 4.79 Å². The minimum absolute atomic E-state index is 0.278. The number of halogens is 3. The quantitative estimate of drug-likeness (QED) is 0.856. The average molecular weight is 314 g/mol. The molecule has 0 spiro atoms. The number of aliphatic hydroxyl groups is 1. The van der Waals surface area contributed by atoms with Gasteiger partial charge in [-0.1, -0.05) is 29.4 Å². The Hall–Kier alpha value is -2.35. The van der Waals surface area contributed by atoms with Gasteiger partial charge in [0, 0.05) is 11.6 Å². The van der Waals surface area contributed by atoms with Gasteiger partial charge in [0.15, 0.2) is 5.76 Å². The summed E-state index contributed by atoms with van der Waals surface area (Å²) in [6, 6.07) is 6.36. The Kier molecular flexibility index (Phi) is 5.16. The van der Waals surface area contributed by atoms with E-state index in [2.05, 4.69) is 5.16 Å². The van der Waals surface area contributed by atoms with E-state index in [9.17, 15) is 23.1 Å². The molecule has 2 N–H and O–H groups in total. The molecule has 0 aliphatic heterocycles. The van der Waals surface area contributed by atoms with Crippen LogP contribution in [0.4, 0.5) is 13.2 Å². The Morgan fingerprint density at radius 2 is 1.95 bits per heavy atom. The Bertz CT molecular complexity index is 602. The summed E-state index contributed by atoms with van der Waals surface area (Å²) in [4.78, 5) is 10.9. The van der Waals surface area contributed by atoms with E-state index in [0.717, 1.165) is 0 Å². The van der Waals surface area contributed by atoms with Crippen LogP contribution in [0, 0.1) is 0 Å². The number of rotatable bonds is 6. The topological polar surface area (TPSA) is 75.4 Å². The molecule has 0 aliphatic carbocycles. The Morgan fingerprint density at radius 1 is 1.27 bits per heavy atom. The number of aromatic nitrogens is 1. The fraction of sp³-hybridized carbons (Fsp3) is 0.286. The zero-order valence-electron chi connectivity index (χ0n) is 11.2. The standard InChI is InChI=1S/C14H13F3N2O3/c15-7-10(19-14(21)13(16)17)12(20)9-3-1-8(2-4-9)11-5-6-18-22-11/h1-6,10,12-13,20H,7H2,(H,19,21)/t10-,12-/m1/s1. The lowest BCUT2D eigenvalue weighted by atomic mass is 10.0. The molecular weight excluding hydrogens is 301 g/mol. The number of amides is 1. The summed E-state index contributed by atoms with van der Waals surface area (Å²) in [6.45, 7) is -1.18. The maximum Gasteiger partial charge on any atom is 0.315 e. The van der Waals surface area contributed by atoms with Crippen molar-refractivity contribution in [3.05, 3.63) is 42.1 Å². The molecule has 0 saturated heterocycles. The van der Waals surface area contributed by atoms with Crippen LogP contribution in [0.25, 0.3) is 11.3 Å². The number of carbonyl (C=O) groups is 1. The number of alkyl halides is 3. The van der Waals surface area contributed by atoms with Gasteiger partial charge in [-0.05, 0) is 5.56 Å². The number of carbonyl (C=O) groups excluding carboxylic acids is 1. The van der Waals surface area contributed by atoms with Crippen LogP contribution in [0.15, 0.2) is 41.1 Å². The first-order chi connectivity index (χ1) is 10.5. The highest BCUT2D eigenvalue weighted by Gasteiger charge is 2.26. The van der Waals surface area contributed by atoms with Crippen molar-refractivity contribution in [1.82, 2.24) is 10.5 Å². The minimum Gasteiger partial charge on any atom is -0.386 e. The number of nitrogens with one attached hydrogen (secondary N) is 1. The van der Waals surface area contributed by atoms with Gasteiger partial charge in [0.1, 0.15) is 12.8 Å². The highest BCUT2D eigenvalue weighted by atomic mass is 19.3. The van der Waals surface area contributed by atoms with Crippen LogP contribution in [0.3, 0.4) is 0 Å². The van der Waals surface area contributed by atoms with Crippen LogP contribution in [0.2, 0.25) is 0 Å². The van der Waals surface area contributed by atoms with Gasteiger partial charge in [-0.2, -0.15) is 8.78 Å². The molecule has 0 aliphatic rings. The van der Waals surface area contributed by atoms with Gasteiger partial charge in [0.25, 0.3) is 5.91 Å². The molecule has 1 aromatic carbocycles. The van der Waals surface area contributed by atoms with Gasteiger partial charge in [-0.3, -0.25) is 4.79 Å².